The van der Waals surface area contributed by atoms with Crippen LogP contribution in [0.5, 0.6) is 0 Å². The number of rotatable bonds is 4. The van der Waals surface area contributed by atoms with E-state index in [0.717, 1.165) is 53.2 Å². The van der Waals surface area contributed by atoms with Crippen LogP contribution in [-0.2, 0) is 22.6 Å². The molecule has 2 aromatic carbocycles. The summed E-state index contributed by atoms with van der Waals surface area (Å²) >= 11 is 3.49. The summed E-state index contributed by atoms with van der Waals surface area (Å²) in [5.41, 5.74) is 2.49. The summed E-state index contributed by atoms with van der Waals surface area (Å²) in [7, 11) is 0. The second-order valence-corrected chi connectivity index (χ2v) is 9.18. The smallest absolute Gasteiger partial charge is 0.229 e. The fourth-order valence-corrected chi connectivity index (χ4v) is 4.93. The Hall–Kier alpha value is -3.00. The van der Waals surface area contributed by atoms with E-state index >= 15 is 0 Å². The summed E-state index contributed by atoms with van der Waals surface area (Å²) in [5.74, 6) is 1.36. The van der Waals surface area contributed by atoms with Gasteiger partial charge in [0, 0.05) is 41.7 Å². The number of para-hydroxylation sites is 1. The average Bonchev–Trinajstić information content (AvgIpc) is 3.30. The van der Waals surface area contributed by atoms with Gasteiger partial charge >= 0.3 is 0 Å². The number of nitrogens with zero attached hydrogens (tertiary/aromatic N) is 4. The summed E-state index contributed by atoms with van der Waals surface area (Å²) in [6.45, 7) is 1.32. The topological polar surface area (TPSA) is 80.1 Å². The number of hydrogen-bond acceptors (Lipinski definition) is 4. The van der Waals surface area contributed by atoms with E-state index in [4.69, 9.17) is 0 Å². The van der Waals surface area contributed by atoms with Crippen molar-refractivity contribution in [3.63, 3.8) is 0 Å². The second kappa shape index (κ2) is 8.86. The first kappa shape index (κ1) is 20.9. The quantitative estimate of drug-likeness (QED) is 0.582. The summed E-state index contributed by atoms with van der Waals surface area (Å²) < 4.78 is 3.05. The molecule has 3 heterocycles. The molecule has 0 bridgehead atoms. The van der Waals surface area contributed by atoms with Crippen molar-refractivity contribution in [1.29, 1.82) is 0 Å². The Morgan fingerprint density at radius 1 is 1.03 bits per heavy atom. The maximum Gasteiger partial charge on any atom is 0.229 e. The summed E-state index contributed by atoms with van der Waals surface area (Å²) in [6.07, 6.45) is 4.69. The van der Waals surface area contributed by atoms with Crippen molar-refractivity contribution >= 4 is 39.1 Å². The number of carbonyl (C=O) groups excluding carboxylic acids is 2. The van der Waals surface area contributed by atoms with Gasteiger partial charge in [-0.2, -0.15) is 0 Å². The van der Waals surface area contributed by atoms with E-state index < -0.39 is 0 Å². The molecule has 1 aromatic heterocycles. The average molecular weight is 494 g/mol. The molecule has 0 spiro atoms. The highest BCUT2D eigenvalue weighted by Crippen LogP contribution is 2.32. The third-order valence-electron chi connectivity index (χ3n) is 6.16. The molecule has 1 N–H and O–H groups in total. The van der Waals surface area contributed by atoms with E-state index in [9.17, 15) is 9.59 Å². The molecule has 1 saturated heterocycles. The molecule has 3 aromatic rings. The van der Waals surface area contributed by atoms with Gasteiger partial charge in [0.15, 0.2) is 5.82 Å². The van der Waals surface area contributed by atoms with Crippen LogP contribution in [0.25, 0.3) is 11.4 Å². The number of carbonyl (C=O) groups is 2. The Balaban J connectivity index is 1.26. The Morgan fingerprint density at radius 2 is 1.84 bits per heavy atom. The van der Waals surface area contributed by atoms with E-state index in [2.05, 4.69) is 36.0 Å². The molecule has 2 aliphatic rings. The Kier molecular flexibility index (Phi) is 5.78. The largest absolute Gasteiger partial charge is 0.326 e. The van der Waals surface area contributed by atoms with Crippen LogP contribution < -0.4 is 10.2 Å². The van der Waals surface area contributed by atoms with Gasteiger partial charge in [0.1, 0.15) is 5.82 Å². The molecular formula is C24H24BrN5O2. The molecule has 8 heteroatoms. The molecule has 1 atom stereocenters. The predicted molar refractivity (Wildman–Crippen MR) is 126 cm³/mol. The molecule has 1 unspecified atom stereocenters. The lowest BCUT2D eigenvalue weighted by molar-refractivity contribution is -0.122. The number of nitrogens with one attached hydrogen (secondary N) is 1. The Labute approximate surface area is 195 Å². The summed E-state index contributed by atoms with van der Waals surface area (Å²) in [5, 5.41) is 11.7. The van der Waals surface area contributed by atoms with Gasteiger partial charge in [0.25, 0.3) is 0 Å². The van der Waals surface area contributed by atoms with Crippen molar-refractivity contribution in [2.75, 3.05) is 16.8 Å². The summed E-state index contributed by atoms with van der Waals surface area (Å²) in [6, 6.07) is 15.3. The van der Waals surface area contributed by atoms with Gasteiger partial charge in [-0.1, -0.05) is 18.6 Å². The van der Waals surface area contributed by atoms with E-state index in [0.29, 0.717) is 12.2 Å². The van der Waals surface area contributed by atoms with Crippen LogP contribution >= 0.6 is 15.9 Å². The maximum atomic E-state index is 12.8. The molecule has 0 radical (unpaired) electrons. The molecular weight excluding hydrogens is 470 g/mol. The van der Waals surface area contributed by atoms with Gasteiger partial charge in [-0.15, -0.1) is 10.2 Å². The van der Waals surface area contributed by atoms with Gasteiger partial charge in [-0.05, 0) is 65.2 Å². The van der Waals surface area contributed by atoms with Gasteiger partial charge in [-0.25, -0.2) is 0 Å². The van der Waals surface area contributed by atoms with Gasteiger partial charge in [0.2, 0.25) is 11.8 Å². The number of hydrogen-bond donors (Lipinski definition) is 1. The highest BCUT2D eigenvalue weighted by molar-refractivity contribution is 9.10. The van der Waals surface area contributed by atoms with E-state index in [-0.39, 0.29) is 24.2 Å². The normalized spacial score (nSPS) is 18.3. The van der Waals surface area contributed by atoms with Crippen LogP contribution in [0.4, 0.5) is 11.4 Å². The van der Waals surface area contributed by atoms with E-state index in [1.807, 2.05) is 48.5 Å². The Bertz CT molecular complexity index is 1160. The highest BCUT2D eigenvalue weighted by atomic mass is 79.9. The van der Waals surface area contributed by atoms with Crippen LogP contribution in [-0.4, -0.2) is 33.1 Å². The zero-order valence-corrected chi connectivity index (χ0v) is 19.2. The van der Waals surface area contributed by atoms with E-state index in [1.54, 1.807) is 4.90 Å². The molecule has 0 aliphatic carbocycles. The van der Waals surface area contributed by atoms with Crippen molar-refractivity contribution in [3.05, 3.63) is 58.8 Å². The van der Waals surface area contributed by atoms with Crippen LogP contribution in [0, 0.1) is 5.92 Å². The van der Waals surface area contributed by atoms with Crippen LogP contribution in [0.3, 0.4) is 0 Å². The number of anilines is 2. The first-order chi connectivity index (χ1) is 15.6. The Morgan fingerprint density at radius 3 is 2.66 bits per heavy atom. The van der Waals surface area contributed by atoms with Crippen molar-refractivity contribution in [2.45, 2.75) is 38.6 Å². The minimum absolute atomic E-state index is 0.0418. The lowest BCUT2D eigenvalue weighted by Gasteiger charge is -2.18. The minimum atomic E-state index is -0.387. The van der Waals surface area contributed by atoms with Crippen LogP contribution in [0.15, 0.2) is 53.0 Å². The van der Waals surface area contributed by atoms with Crippen LogP contribution in [0.2, 0.25) is 0 Å². The molecule has 164 valence electrons. The summed E-state index contributed by atoms with van der Waals surface area (Å²) in [4.78, 5) is 27.0. The first-order valence-electron chi connectivity index (χ1n) is 11.0. The molecule has 5 rings (SSSR count). The van der Waals surface area contributed by atoms with E-state index in [1.165, 1.54) is 6.42 Å². The second-order valence-electron chi connectivity index (χ2n) is 8.33. The van der Waals surface area contributed by atoms with Crippen molar-refractivity contribution in [2.24, 2.45) is 5.92 Å². The minimum Gasteiger partial charge on any atom is -0.326 e. The molecule has 2 amide bonds. The zero-order chi connectivity index (χ0) is 22.1. The molecule has 1 fully saturated rings. The first-order valence-corrected chi connectivity index (χ1v) is 11.8. The maximum absolute atomic E-state index is 12.8. The van der Waals surface area contributed by atoms with Crippen molar-refractivity contribution in [3.8, 4) is 11.4 Å². The molecule has 32 heavy (non-hydrogen) atoms. The van der Waals surface area contributed by atoms with Crippen molar-refractivity contribution < 1.29 is 9.59 Å². The third kappa shape index (κ3) is 4.07. The fraction of sp³-hybridized carbons (Fsp3) is 0.333. The van der Waals surface area contributed by atoms with Gasteiger partial charge < -0.3 is 14.8 Å². The SMILES string of the molecule is O=C(Nc1ccc(-c2nnc3n2CCCCC3)cc1)C1CC(=O)N(c2ccccc2Br)C1. The van der Waals surface area contributed by atoms with Crippen molar-refractivity contribution in [1.82, 2.24) is 14.8 Å². The highest BCUT2D eigenvalue weighted by Gasteiger charge is 2.35. The number of benzene rings is 2. The molecule has 7 nitrogen and oxygen atoms in total. The number of fused-ring (bicyclic) bond motifs is 1. The zero-order valence-electron chi connectivity index (χ0n) is 17.6. The lowest BCUT2D eigenvalue weighted by atomic mass is 10.1. The number of aryl methyl sites for hydroxylation is 1. The molecule has 2 aliphatic heterocycles. The third-order valence-corrected chi connectivity index (χ3v) is 6.83. The lowest BCUT2D eigenvalue weighted by Crippen LogP contribution is -2.28. The predicted octanol–water partition coefficient (Wildman–Crippen LogP) is 4.43. The molecule has 0 saturated carbocycles. The standard InChI is InChI=1S/C24H24BrN5O2/c25-19-6-3-4-7-20(19)30-15-17(14-22(30)31)24(32)26-18-11-9-16(10-12-18)23-28-27-21-8-2-1-5-13-29(21)23/h3-4,6-7,9-12,17H,1-2,5,8,13-15H2,(H,26,32). The monoisotopic (exact) mass is 493 g/mol. The number of halogens is 1. The van der Waals surface area contributed by atoms with Gasteiger partial charge in [-0.3, -0.25) is 9.59 Å². The van der Waals surface area contributed by atoms with Crippen LogP contribution in [0.1, 0.15) is 31.5 Å². The number of aromatic nitrogens is 3. The van der Waals surface area contributed by atoms with Gasteiger partial charge in [0.05, 0.1) is 11.6 Å². The number of amides is 2. The fourth-order valence-electron chi connectivity index (χ4n) is 4.43.